The molecule has 7 N–H and O–H groups in total. The topological polar surface area (TPSA) is 269 Å². The van der Waals surface area contributed by atoms with Crippen LogP contribution in [-0.2, 0) is 23.8 Å². The van der Waals surface area contributed by atoms with E-state index in [0.717, 1.165) is 6.42 Å². The van der Waals surface area contributed by atoms with Gasteiger partial charge in [0.2, 0.25) is 10.9 Å². The van der Waals surface area contributed by atoms with Crippen molar-refractivity contribution in [1.29, 1.82) is 0 Å². The summed E-state index contributed by atoms with van der Waals surface area (Å²) in [6, 6.07) is 2.70. The number of aromatic hydroxyl groups is 1. The summed E-state index contributed by atoms with van der Waals surface area (Å²) in [6.07, 6.45) is 5.43. The average molecular weight is 984 g/mol. The van der Waals surface area contributed by atoms with Crippen LogP contribution in [0.25, 0.3) is 38.7 Å². The zero-order valence-corrected chi connectivity index (χ0v) is 41.7. The second-order valence-electron chi connectivity index (χ2n) is 19.2. The number of fused-ring (bicyclic) bond motifs is 5. The van der Waals surface area contributed by atoms with Gasteiger partial charge < -0.3 is 64.6 Å². The quantitative estimate of drug-likeness (QED) is 0.0740. The second-order valence-corrected chi connectivity index (χ2v) is 19.2. The molecule has 5 bridgehead atoms. The molecule has 3 aromatic carbocycles. The molecule has 0 aliphatic carbocycles. The van der Waals surface area contributed by atoms with Gasteiger partial charge in [0.25, 0.3) is 5.91 Å². The predicted octanol–water partition coefficient (Wildman–Crippen LogP) is 5.24. The van der Waals surface area contributed by atoms with Gasteiger partial charge in [0, 0.05) is 105 Å². The molecule has 1 fully saturated rings. The van der Waals surface area contributed by atoms with E-state index in [1.807, 2.05) is 11.8 Å². The van der Waals surface area contributed by atoms with Crippen molar-refractivity contribution in [3.8, 4) is 11.5 Å². The first kappa shape index (κ1) is 52.1. The fraction of sp³-hybridized carbons (Fsp3) is 0.500. The average Bonchev–Trinajstić information content (AvgIpc) is 3.60. The van der Waals surface area contributed by atoms with Crippen LogP contribution in [0.4, 0.5) is 16.2 Å². The number of hydrogen-bond acceptors (Lipinski definition) is 16. The van der Waals surface area contributed by atoms with E-state index in [1.54, 1.807) is 45.9 Å². The number of benzene rings is 3. The molecule has 19 nitrogen and oxygen atoms in total. The third kappa shape index (κ3) is 10.1. The smallest absolute Gasteiger partial charge is 0.315 e. The first-order chi connectivity index (χ1) is 33.6. The highest BCUT2D eigenvalue weighted by Gasteiger charge is 2.44. The summed E-state index contributed by atoms with van der Waals surface area (Å²) in [5.41, 5.74) is -1.80. The number of piperidine rings is 1. The third-order valence-electron chi connectivity index (χ3n) is 14.2. The van der Waals surface area contributed by atoms with E-state index in [-0.39, 0.29) is 67.1 Å². The van der Waals surface area contributed by atoms with Crippen LogP contribution in [0, 0.1) is 30.6 Å². The molecule has 3 aliphatic heterocycles. The predicted molar refractivity (Wildman–Crippen MR) is 267 cm³/mol. The Morgan fingerprint density at radius 1 is 0.972 bits per heavy atom. The SMILES string of the molecule is CCCNC(=O)NC1CCN(c2cc(=O)c3nc4c(oc3c2)c2c(=O)c3c(O)c(C)c5c(c34)=C(O)[C@@](C)(O/C=C/[C@H](OC)[C@@H](C)[C@@H](OC(C)=O)[C@H](C)[C@H](O)[C@H](C)[C@@H](O)[C@@H](C)/C=C/C=C(/C)C(=O)N2)O5)CC1. The van der Waals surface area contributed by atoms with Crippen LogP contribution in [0.3, 0.4) is 0 Å². The number of nitrogens with one attached hydrogen (secondary N) is 3. The lowest BCUT2D eigenvalue weighted by Crippen LogP contribution is -2.48. The molecular weight excluding hydrogens is 919 g/mol. The number of rotatable bonds is 6. The monoisotopic (exact) mass is 983 g/mol. The first-order valence-corrected chi connectivity index (χ1v) is 24.0. The normalized spacial score (nSPS) is 28.5. The minimum absolute atomic E-state index is 0.0216. The number of phenols is 1. The molecule has 4 heterocycles. The maximum absolute atomic E-state index is 14.9. The maximum Gasteiger partial charge on any atom is 0.315 e. The zero-order chi connectivity index (χ0) is 51.8. The molecule has 1 saturated heterocycles. The van der Waals surface area contributed by atoms with Crippen molar-refractivity contribution in [2.45, 2.75) is 118 Å². The van der Waals surface area contributed by atoms with Crippen LogP contribution in [-0.4, -0.2) is 106 Å². The molecule has 0 radical (unpaired) electrons. The Bertz CT molecular complexity index is 3010. The van der Waals surface area contributed by atoms with Gasteiger partial charge in [-0.15, -0.1) is 0 Å². The van der Waals surface area contributed by atoms with Crippen LogP contribution in [0.1, 0.15) is 80.2 Å². The van der Waals surface area contributed by atoms with Gasteiger partial charge in [0.15, 0.2) is 22.4 Å². The largest absolute Gasteiger partial charge is 0.507 e. The number of amides is 3. The number of aromatic nitrogens is 1. The van der Waals surface area contributed by atoms with Gasteiger partial charge in [0.1, 0.15) is 28.8 Å². The second kappa shape index (κ2) is 20.9. The Balaban J connectivity index is 1.42. The number of methoxy groups -OCH3 is 1. The molecule has 19 heteroatoms. The number of allylic oxidation sites excluding steroid dienone is 2. The van der Waals surface area contributed by atoms with Crippen molar-refractivity contribution in [2.75, 3.05) is 37.0 Å². The molecule has 3 amide bonds. The van der Waals surface area contributed by atoms with Crippen molar-refractivity contribution in [1.82, 2.24) is 15.6 Å². The lowest BCUT2D eigenvalue weighted by Gasteiger charge is -2.38. The number of aliphatic hydroxyl groups is 3. The molecule has 4 aromatic rings. The van der Waals surface area contributed by atoms with E-state index in [9.17, 15) is 44.4 Å². The molecule has 0 saturated carbocycles. The number of anilines is 2. The molecule has 9 atom stereocenters. The van der Waals surface area contributed by atoms with E-state index in [4.69, 9.17) is 28.3 Å². The lowest BCUT2D eigenvalue weighted by atomic mass is 9.78. The third-order valence-corrected chi connectivity index (χ3v) is 14.2. The highest BCUT2D eigenvalue weighted by atomic mass is 16.7. The Hall–Kier alpha value is -6.70. The molecule has 1 aromatic heterocycles. The van der Waals surface area contributed by atoms with Crippen LogP contribution in [0.15, 0.2) is 62.3 Å². The van der Waals surface area contributed by atoms with E-state index in [0.29, 0.717) is 38.2 Å². The molecule has 7 rings (SSSR count). The summed E-state index contributed by atoms with van der Waals surface area (Å²) >= 11 is 0. The van der Waals surface area contributed by atoms with Gasteiger partial charge in [-0.05, 0) is 39.2 Å². The fourth-order valence-corrected chi connectivity index (χ4v) is 9.82. The van der Waals surface area contributed by atoms with Gasteiger partial charge in [0.05, 0.1) is 35.2 Å². The van der Waals surface area contributed by atoms with E-state index >= 15 is 0 Å². The van der Waals surface area contributed by atoms with Crippen LogP contribution < -0.4 is 41.7 Å². The number of phenolic OH excluding ortho intramolecular Hbond substituents is 1. The highest BCUT2D eigenvalue weighted by Crippen LogP contribution is 2.42. The summed E-state index contributed by atoms with van der Waals surface area (Å²) in [5.74, 6) is -7.12. The Morgan fingerprint density at radius 3 is 2.34 bits per heavy atom. The standard InChI is InChI=1S/C52H65N5O14/c1-11-18-53-51(66)54-31-15-19-57(20-16-31)32-22-33(59)39-35(23-32)70-48-40(55-39)36-37-44(62)29(7)47-38(36)49(64)52(9,71-47)68-21-17-34(67-10)26(4)46(69-30(8)58)28(6)43(61)27(5)42(60)24(2)13-12-14-25(3)50(65)56-41(48)45(37)63/h12-14,17,21-24,26-28,31,34,42-43,46,60-62,64H,11,15-16,18-20H2,1-10H3,(H,56,65)(H2,53,54,66)/b13-12+,21-17+,25-14-/t24-,26+,27+,28+,34-,42-,43+,46+,52-/m0/s1. The number of ether oxygens (including phenoxy) is 4. The minimum atomic E-state index is -2.01. The molecule has 0 unspecified atom stereocenters. The number of aliphatic hydroxyl groups excluding tert-OH is 3. The molecule has 3 aliphatic rings. The summed E-state index contributed by atoms with van der Waals surface area (Å²) in [4.78, 5) is 74.6. The highest BCUT2D eigenvalue weighted by molar-refractivity contribution is 6.17. The number of esters is 1. The Morgan fingerprint density at radius 2 is 1.68 bits per heavy atom. The number of urea groups is 1. The van der Waals surface area contributed by atoms with Crippen molar-refractivity contribution in [3.05, 3.63) is 79.5 Å². The zero-order valence-electron chi connectivity index (χ0n) is 41.7. The van der Waals surface area contributed by atoms with E-state index < -0.39 is 93.8 Å². The lowest BCUT2D eigenvalue weighted by molar-refractivity contribution is -0.160. The summed E-state index contributed by atoms with van der Waals surface area (Å²) in [5, 5.41) is 55.1. The Labute approximate surface area is 410 Å². The van der Waals surface area contributed by atoms with E-state index in [2.05, 4.69) is 16.0 Å². The van der Waals surface area contributed by atoms with Crippen LogP contribution >= 0.6 is 0 Å². The van der Waals surface area contributed by atoms with Gasteiger partial charge in [-0.2, -0.15) is 0 Å². The van der Waals surface area contributed by atoms with Crippen LogP contribution in [0.2, 0.25) is 0 Å². The van der Waals surface area contributed by atoms with Gasteiger partial charge >= 0.3 is 17.8 Å². The number of carbonyl (C=O) groups excluding carboxylic acids is 3. The van der Waals surface area contributed by atoms with Crippen molar-refractivity contribution in [3.63, 3.8) is 0 Å². The molecular formula is C52H65N5O14. The van der Waals surface area contributed by atoms with Gasteiger partial charge in [-0.1, -0.05) is 52.8 Å². The Kier molecular flexibility index (Phi) is 15.4. The number of nitrogens with zero attached hydrogens (tertiary/aromatic N) is 2. The van der Waals surface area contributed by atoms with Crippen molar-refractivity contribution >= 4 is 68.0 Å². The summed E-state index contributed by atoms with van der Waals surface area (Å²) in [7, 11) is 1.44. The van der Waals surface area contributed by atoms with Gasteiger partial charge in [-0.25, -0.2) is 9.78 Å². The van der Waals surface area contributed by atoms with Crippen LogP contribution in [0.5, 0.6) is 11.5 Å². The van der Waals surface area contributed by atoms with E-state index in [1.165, 1.54) is 59.3 Å². The molecule has 382 valence electrons. The fourth-order valence-electron chi connectivity index (χ4n) is 9.82. The molecule has 0 spiro atoms. The first-order valence-electron chi connectivity index (χ1n) is 24.0. The summed E-state index contributed by atoms with van der Waals surface area (Å²) < 4.78 is 30.5. The number of hydrogen-bond donors (Lipinski definition) is 7. The van der Waals surface area contributed by atoms with Gasteiger partial charge in [-0.3, -0.25) is 19.2 Å². The molecule has 71 heavy (non-hydrogen) atoms. The van der Waals surface area contributed by atoms with Crippen molar-refractivity contribution in [2.24, 2.45) is 23.7 Å². The number of carbonyl (C=O) groups is 3. The van der Waals surface area contributed by atoms with Crippen molar-refractivity contribution < 1.29 is 58.2 Å². The minimum Gasteiger partial charge on any atom is -0.507 e. The maximum atomic E-state index is 14.9. The summed E-state index contributed by atoms with van der Waals surface area (Å²) in [6.45, 7) is 16.0.